The van der Waals surface area contributed by atoms with Crippen LogP contribution in [0.5, 0.6) is 17.2 Å². The number of para-hydroxylation sites is 1. The van der Waals surface area contributed by atoms with Crippen LogP contribution in [0, 0.1) is 10.1 Å². The van der Waals surface area contributed by atoms with Gasteiger partial charge in [-0.2, -0.15) is 5.10 Å². The highest BCUT2D eigenvalue weighted by atomic mass is 32.1. The quantitative estimate of drug-likeness (QED) is 0.321. The van der Waals surface area contributed by atoms with Crippen molar-refractivity contribution in [2.75, 3.05) is 19.1 Å². The Kier molecular flexibility index (Phi) is 6.25. The van der Waals surface area contributed by atoms with E-state index in [0.717, 1.165) is 11.3 Å². The molecular weight excluding hydrogens is 396 g/mol. The second-order valence-corrected chi connectivity index (χ2v) is 6.54. The zero-order chi connectivity index (χ0) is 20.8. The van der Waals surface area contributed by atoms with Crippen LogP contribution in [0.4, 0.5) is 10.8 Å². The van der Waals surface area contributed by atoms with Crippen LogP contribution < -0.4 is 14.9 Å². The first-order valence-corrected chi connectivity index (χ1v) is 9.43. The molecule has 0 radical (unpaired) electrons. The van der Waals surface area contributed by atoms with E-state index in [9.17, 15) is 15.2 Å². The van der Waals surface area contributed by atoms with Crippen molar-refractivity contribution in [2.45, 2.75) is 6.92 Å². The molecule has 2 aromatic carbocycles. The van der Waals surface area contributed by atoms with Gasteiger partial charge in [0.15, 0.2) is 5.75 Å². The van der Waals surface area contributed by atoms with Crippen LogP contribution in [0.3, 0.4) is 0 Å². The minimum atomic E-state index is -0.678. The van der Waals surface area contributed by atoms with Crippen molar-refractivity contribution in [3.8, 4) is 28.5 Å². The van der Waals surface area contributed by atoms with Crippen molar-refractivity contribution in [3.63, 3.8) is 0 Å². The number of ether oxygens (including phenoxy) is 2. The van der Waals surface area contributed by atoms with Crippen molar-refractivity contribution < 1.29 is 19.5 Å². The Labute approximate surface area is 170 Å². The van der Waals surface area contributed by atoms with Gasteiger partial charge in [-0.05, 0) is 25.1 Å². The van der Waals surface area contributed by atoms with E-state index in [1.54, 1.807) is 14.0 Å². The fourth-order valence-corrected chi connectivity index (χ4v) is 3.22. The summed E-state index contributed by atoms with van der Waals surface area (Å²) in [5.74, 6) is 0.229. The average molecular weight is 414 g/mol. The maximum atomic E-state index is 11.1. The predicted molar refractivity (Wildman–Crippen MR) is 111 cm³/mol. The summed E-state index contributed by atoms with van der Waals surface area (Å²) in [5, 5.41) is 27.5. The maximum Gasteiger partial charge on any atom is 0.315 e. The zero-order valence-corrected chi connectivity index (χ0v) is 16.5. The molecule has 0 saturated heterocycles. The van der Waals surface area contributed by atoms with Crippen molar-refractivity contribution in [2.24, 2.45) is 5.10 Å². The summed E-state index contributed by atoms with van der Waals surface area (Å²) in [6.07, 6.45) is 1.39. The number of methoxy groups -OCH3 is 1. The molecule has 1 heterocycles. The number of phenolic OH excluding ortho intramolecular Hbond substituents is 1. The number of aromatic nitrogens is 1. The third kappa shape index (κ3) is 4.61. The fourth-order valence-electron chi connectivity index (χ4n) is 2.56. The molecule has 0 saturated carbocycles. The molecule has 150 valence electrons. The molecule has 2 N–H and O–H groups in total. The van der Waals surface area contributed by atoms with E-state index in [0.29, 0.717) is 16.4 Å². The van der Waals surface area contributed by atoms with Gasteiger partial charge in [-0.1, -0.05) is 12.1 Å². The lowest BCUT2D eigenvalue weighted by atomic mass is 10.1. The number of nitro groups is 1. The van der Waals surface area contributed by atoms with Gasteiger partial charge in [-0.25, -0.2) is 4.98 Å². The third-order valence-corrected chi connectivity index (χ3v) is 4.58. The summed E-state index contributed by atoms with van der Waals surface area (Å²) in [5.41, 5.74) is 4.34. The highest BCUT2D eigenvalue weighted by Crippen LogP contribution is 2.37. The minimum absolute atomic E-state index is 0.0239. The van der Waals surface area contributed by atoms with E-state index in [-0.39, 0.29) is 12.4 Å². The zero-order valence-electron chi connectivity index (χ0n) is 15.7. The molecule has 0 bridgehead atoms. The van der Waals surface area contributed by atoms with Crippen LogP contribution in [0.1, 0.15) is 12.5 Å². The van der Waals surface area contributed by atoms with Crippen molar-refractivity contribution in [1.82, 2.24) is 4.98 Å². The van der Waals surface area contributed by atoms with Gasteiger partial charge in [0.05, 0.1) is 30.5 Å². The second kappa shape index (κ2) is 9.02. The second-order valence-electron chi connectivity index (χ2n) is 5.69. The summed E-state index contributed by atoms with van der Waals surface area (Å²) < 4.78 is 10.6. The molecule has 0 fully saturated rings. The van der Waals surface area contributed by atoms with Gasteiger partial charge in [-0.3, -0.25) is 15.5 Å². The summed E-state index contributed by atoms with van der Waals surface area (Å²) in [7, 11) is 1.60. The summed E-state index contributed by atoms with van der Waals surface area (Å²) in [4.78, 5) is 14.9. The molecule has 0 amide bonds. The van der Waals surface area contributed by atoms with E-state index in [1.165, 1.54) is 29.7 Å². The SMILES string of the molecule is CCOc1cc(/C=N\Nc2nc(-c3ccccc3OC)cs2)cc([N+](=O)[O-])c1O. The summed E-state index contributed by atoms with van der Waals surface area (Å²) >= 11 is 1.36. The predicted octanol–water partition coefficient (Wildman–Crippen LogP) is 4.28. The summed E-state index contributed by atoms with van der Waals surface area (Å²) in [6.45, 7) is 1.98. The first-order valence-electron chi connectivity index (χ1n) is 8.55. The highest BCUT2D eigenvalue weighted by Gasteiger charge is 2.19. The molecule has 3 aromatic rings. The number of thiazole rings is 1. The van der Waals surface area contributed by atoms with Crippen LogP contribution in [0.15, 0.2) is 46.9 Å². The monoisotopic (exact) mass is 414 g/mol. The number of nitrogens with one attached hydrogen (secondary N) is 1. The standard InChI is InChI=1S/C19H18N4O5S/c1-3-28-17-9-12(8-15(18(17)24)23(25)26)10-20-22-19-21-14(11-29-19)13-6-4-5-7-16(13)27-2/h4-11,24H,3H2,1-2H3,(H,21,22)/b20-10-. The molecule has 0 atom stereocenters. The molecule has 0 unspecified atom stereocenters. The fraction of sp³-hybridized carbons (Fsp3) is 0.158. The molecule has 29 heavy (non-hydrogen) atoms. The van der Waals surface area contributed by atoms with Crippen molar-refractivity contribution in [3.05, 3.63) is 57.5 Å². The number of hydrogen-bond acceptors (Lipinski definition) is 9. The van der Waals surface area contributed by atoms with E-state index >= 15 is 0 Å². The Morgan fingerprint density at radius 2 is 2.14 bits per heavy atom. The number of hydrazone groups is 1. The van der Waals surface area contributed by atoms with Gasteiger partial charge in [0.1, 0.15) is 5.75 Å². The Hall–Kier alpha value is -3.66. The van der Waals surface area contributed by atoms with E-state index in [1.807, 2.05) is 29.6 Å². The molecule has 9 nitrogen and oxygen atoms in total. The van der Waals surface area contributed by atoms with Gasteiger partial charge in [-0.15, -0.1) is 11.3 Å². The summed E-state index contributed by atoms with van der Waals surface area (Å²) in [6, 6.07) is 10.2. The van der Waals surface area contributed by atoms with Gasteiger partial charge >= 0.3 is 5.69 Å². The first-order chi connectivity index (χ1) is 14.0. The molecular formula is C19H18N4O5S. The lowest BCUT2D eigenvalue weighted by molar-refractivity contribution is -0.386. The number of rotatable bonds is 8. The number of benzene rings is 2. The topological polar surface area (TPSA) is 119 Å². The Balaban J connectivity index is 1.78. The lowest BCUT2D eigenvalue weighted by Crippen LogP contribution is -1.98. The molecule has 0 aliphatic heterocycles. The van der Waals surface area contributed by atoms with E-state index < -0.39 is 16.4 Å². The molecule has 0 aliphatic carbocycles. The number of phenols is 1. The van der Waals surface area contributed by atoms with Gasteiger partial charge in [0.2, 0.25) is 10.9 Å². The van der Waals surface area contributed by atoms with E-state index in [2.05, 4.69) is 15.5 Å². The normalized spacial score (nSPS) is 10.8. The van der Waals surface area contributed by atoms with Crippen LogP contribution in [-0.2, 0) is 0 Å². The highest BCUT2D eigenvalue weighted by molar-refractivity contribution is 7.14. The Morgan fingerprint density at radius 1 is 1.34 bits per heavy atom. The Bertz CT molecular complexity index is 1050. The molecule has 0 aliphatic rings. The number of nitro benzene ring substituents is 1. The lowest BCUT2D eigenvalue weighted by Gasteiger charge is -2.07. The van der Waals surface area contributed by atoms with Crippen LogP contribution >= 0.6 is 11.3 Å². The maximum absolute atomic E-state index is 11.1. The molecule has 10 heteroatoms. The largest absolute Gasteiger partial charge is 0.500 e. The number of anilines is 1. The minimum Gasteiger partial charge on any atom is -0.500 e. The smallest absolute Gasteiger partial charge is 0.315 e. The van der Waals surface area contributed by atoms with Crippen LogP contribution in [-0.4, -0.2) is 34.9 Å². The van der Waals surface area contributed by atoms with Crippen molar-refractivity contribution >= 4 is 28.4 Å². The number of nitrogens with zero attached hydrogens (tertiary/aromatic N) is 3. The van der Waals surface area contributed by atoms with Gasteiger partial charge in [0, 0.05) is 22.6 Å². The molecule has 1 aromatic heterocycles. The number of hydrogen-bond donors (Lipinski definition) is 2. The first kappa shape index (κ1) is 20.1. The molecule has 0 spiro atoms. The Morgan fingerprint density at radius 3 is 2.86 bits per heavy atom. The van der Waals surface area contributed by atoms with E-state index in [4.69, 9.17) is 9.47 Å². The number of aromatic hydroxyl groups is 1. The van der Waals surface area contributed by atoms with Gasteiger partial charge in [0.25, 0.3) is 0 Å². The van der Waals surface area contributed by atoms with Gasteiger partial charge < -0.3 is 14.6 Å². The third-order valence-electron chi connectivity index (χ3n) is 3.83. The van der Waals surface area contributed by atoms with Crippen molar-refractivity contribution in [1.29, 1.82) is 0 Å². The molecule has 3 rings (SSSR count). The van der Waals surface area contributed by atoms with Crippen LogP contribution in [0.2, 0.25) is 0 Å². The van der Waals surface area contributed by atoms with Crippen LogP contribution in [0.25, 0.3) is 11.3 Å². The average Bonchev–Trinajstić information content (AvgIpc) is 3.18.